The van der Waals surface area contributed by atoms with E-state index in [1.165, 1.54) is 0 Å². The summed E-state index contributed by atoms with van der Waals surface area (Å²) in [7, 11) is 1.60. The molecule has 0 saturated heterocycles. The molecule has 0 saturated carbocycles. The second-order valence-electron chi connectivity index (χ2n) is 8.61. The van der Waals surface area contributed by atoms with Gasteiger partial charge in [0.25, 0.3) is 0 Å². The number of ether oxygens (including phenoxy) is 1. The minimum atomic E-state index is -0.668. The number of aliphatic hydroxyl groups is 1. The minimum Gasteiger partial charge on any atom is -0.495 e. The number of fused-ring (bicyclic) bond motifs is 2. The number of pyridine rings is 1. The molecule has 1 aromatic heterocycles. The fourth-order valence-corrected chi connectivity index (χ4v) is 4.62. The number of carbonyl (C=O) groups is 2. The Kier molecular flexibility index (Phi) is 7.94. The van der Waals surface area contributed by atoms with E-state index in [-0.39, 0.29) is 25.0 Å². The number of hydrogen-bond donors (Lipinski definition) is 3. The van der Waals surface area contributed by atoms with E-state index in [2.05, 4.69) is 15.6 Å². The zero-order chi connectivity index (χ0) is 24.8. The molecule has 1 aliphatic heterocycles. The predicted octanol–water partition coefficient (Wildman–Crippen LogP) is 2.57. The van der Waals surface area contributed by atoms with Crippen molar-refractivity contribution >= 4 is 28.4 Å². The van der Waals surface area contributed by atoms with E-state index in [0.29, 0.717) is 31.6 Å². The Bertz CT molecular complexity index is 1200. The van der Waals surface area contributed by atoms with Crippen LogP contribution in [0.3, 0.4) is 0 Å². The fraction of sp³-hybridized carbons (Fsp3) is 0.370. The number of benzene rings is 2. The third kappa shape index (κ3) is 5.28. The van der Waals surface area contributed by atoms with E-state index in [4.69, 9.17) is 9.84 Å². The highest BCUT2D eigenvalue weighted by Crippen LogP contribution is 2.33. The van der Waals surface area contributed by atoms with Gasteiger partial charge in [-0.25, -0.2) is 0 Å². The molecule has 2 amide bonds. The predicted molar refractivity (Wildman–Crippen MR) is 135 cm³/mol. The number of carbonyl (C=O) groups excluding carboxylic acids is 2. The quantitative estimate of drug-likeness (QED) is 0.439. The molecular formula is C27H32N4O4. The third-order valence-corrected chi connectivity index (χ3v) is 6.48. The molecule has 1 aliphatic rings. The highest BCUT2D eigenvalue weighted by molar-refractivity contribution is 6.01. The van der Waals surface area contributed by atoms with Gasteiger partial charge < -0.3 is 25.4 Å². The summed E-state index contributed by atoms with van der Waals surface area (Å²) >= 11 is 0. The maximum atomic E-state index is 13.9. The zero-order valence-electron chi connectivity index (χ0n) is 20.2. The first-order chi connectivity index (χ1) is 17.1. The molecule has 0 radical (unpaired) electrons. The lowest BCUT2D eigenvalue weighted by molar-refractivity contribution is -0.129. The molecule has 0 spiro atoms. The molecule has 0 fully saturated rings. The molecular weight excluding hydrogens is 444 g/mol. The smallest absolute Gasteiger partial charge is 0.249 e. The first-order valence-electron chi connectivity index (χ1n) is 12.0. The van der Waals surface area contributed by atoms with Crippen LogP contribution in [-0.2, 0) is 22.6 Å². The molecule has 0 bridgehead atoms. The molecule has 184 valence electrons. The Balaban J connectivity index is 1.69. The first-order valence-corrected chi connectivity index (χ1v) is 12.0. The summed E-state index contributed by atoms with van der Waals surface area (Å²) in [4.78, 5) is 33.1. The van der Waals surface area contributed by atoms with Crippen LogP contribution in [0.1, 0.15) is 30.9 Å². The van der Waals surface area contributed by atoms with Gasteiger partial charge in [-0.1, -0.05) is 43.3 Å². The van der Waals surface area contributed by atoms with Crippen LogP contribution in [0, 0.1) is 0 Å². The van der Waals surface area contributed by atoms with Crippen LogP contribution in [0.15, 0.2) is 54.7 Å². The normalized spacial score (nSPS) is 16.5. The number of nitrogens with zero attached hydrogens (tertiary/aromatic N) is 2. The highest BCUT2D eigenvalue weighted by Gasteiger charge is 2.33. The van der Waals surface area contributed by atoms with Crippen LogP contribution < -0.4 is 20.3 Å². The lowest BCUT2D eigenvalue weighted by atomic mass is 10.1. The fourth-order valence-electron chi connectivity index (χ4n) is 4.62. The van der Waals surface area contributed by atoms with Crippen molar-refractivity contribution in [3.05, 3.63) is 65.9 Å². The van der Waals surface area contributed by atoms with E-state index in [1.54, 1.807) is 18.2 Å². The van der Waals surface area contributed by atoms with Gasteiger partial charge >= 0.3 is 0 Å². The summed E-state index contributed by atoms with van der Waals surface area (Å²) in [5.74, 6) is 0.207. The van der Waals surface area contributed by atoms with Crippen molar-refractivity contribution in [2.75, 3.05) is 25.2 Å². The monoisotopic (exact) mass is 476 g/mol. The topological polar surface area (TPSA) is 104 Å². The summed E-state index contributed by atoms with van der Waals surface area (Å²) in [6.07, 6.45) is 3.40. The molecule has 2 aromatic carbocycles. The number of aromatic nitrogens is 1. The van der Waals surface area contributed by atoms with Crippen molar-refractivity contribution < 1.29 is 19.4 Å². The summed E-state index contributed by atoms with van der Waals surface area (Å²) in [5.41, 5.74) is 3.58. The number of para-hydroxylation sites is 2. The molecule has 35 heavy (non-hydrogen) atoms. The molecule has 8 heteroatoms. The molecule has 4 rings (SSSR count). The zero-order valence-corrected chi connectivity index (χ0v) is 20.2. The number of methoxy groups -OCH3 is 1. The van der Waals surface area contributed by atoms with Crippen LogP contribution in [0.2, 0.25) is 0 Å². The average Bonchev–Trinajstić information content (AvgIpc) is 3.01. The van der Waals surface area contributed by atoms with Gasteiger partial charge in [-0.15, -0.1) is 0 Å². The largest absolute Gasteiger partial charge is 0.495 e. The number of anilines is 1. The Labute approximate surface area is 205 Å². The Morgan fingerprint density at radius 1 is 1.23 bits per heavy atom. The second kappa shape index (κ2) is 11.3. The molecule has 3 N–H and O–H groups in total. The van der Waals surface area contributed by atoms with E-state index in [1.807, 2.05) is 55.5 Å². The lowest BCUT2D eigenvalue weighted by Gasteiger charge is -2.28. The van der Waals surface area contributed by atoms with Crippen molar-refractivity contribution in [3.8, 4) is 5.75 Å². The molecule has 2 atom stereocenters. The third-order valence-electron chi connectivity index (χ3n) is 6.48. The van der Waals surface area contributed by atoms with Crippen molar-refractivity contribution in [1.29, 1.82) is 0 Å². The van der Waals surface area contributed by atoms with E-state index >= 15 is 0 Å². The van der Waals surface area contributed by atoms with Gasteiger partial charge in [0.15, 0.2) is 0 Å². The Morgan fingerprint density at radius 2 is 2.00 bits per heavy atom. The van der Waals surface area contributed by atoms with Crippen LogP contribution in [0.5, 0.6) is 5.75 Å². The number of amides is 2. The number of rotatable bonds is 9. The van der Waals surface area contributed by atoms with Gasteiger partial charge in [0, 0.05) is 23.2 Å². The first kappa shape index (κ1) is 24.6. The van der Waals surface area contributed by atoms with E-state index in [9.17, 15) is 9.59 Å². The Morgan fingerprint density at radius 3 is 2.77 bits per heavy atom. The number of aryl methyl sites for hydroxylation is 1. The van der Waals surface area contributed by atoms with Gasteiger partial charge in [0.2, 0.25) is 11.8 Å². The highest BCUT2D eigenvalue weighted by atomic mass is 16.5. The SMILES string of the molecule is CCC(NCCO)C(=O)NC1CCc2ccccc2N(Cc2c(OC)cnc3ccccc23)C1=O. The van der Waals surface area contributed by atoms with Gasteiger partial charge in [0.05, 0.1) is 38.0 Å². The van der Waals surface area contributed by atoms with E-state index in [0.717, 1.165) is 27.7 Å². The van der Waals surface area contributed by atoms with Crippen molar-refractivity contribution in [2.45, 2.75) is 44.8 Å². The summed E-state index contributed by atoms with van der Waals surface area (Å²) in [6.45, 7) is 2.44. The summed E-state index contributed by atoms with van der Waals surface area (Å²) < 4.78 is 5.63. The Hall–Kier alpha value is -3.49. The molecule has 2 heterocycles. The number of hydrogen-bond acceptors (Lipinski definition) is 6. The number of aliphatic hydroxyl groups excluding tert-OH is 1. The van der Waals surface area contributed by atoms with Crippen molar-refractivity contribution in [2.24, 2.45) is 0 Å². The average molecular weight is 477 g/mol. The molecule has 2 unspecified atom stereocenters. The van der Waals surface area contributed by atoms with Gasteiger partial charge in [-0.3, -0.25) is 14.6 Å². The second-order valence-corrected chi connectivity index (χ2v) is 8.61. The number of nitrogens with one attached hydrogen (secondary N) is 2. The standard InChI is InChI=1S/C27H32N4O4/c1-3-21(28-14-15-32)26(33)30-23-13-12-18-8-4-7-11-24(18)31(27(23)34)17-20-19-9-5-6-10-22(19)29-16-25(20)35-2/h4-11,16,21,23,28,32H,3,12-15,17H2,1-2H3,(H,30,33). The van der Waals surface area contributed by atoms with E-state index < -0.39 is 12.1 Å². The minimum absolute atomic E-state index is 0.0586. The van der Waals surface area contributed by atoms with Gasteiger partial charge in [0.1, 0.15) is 11.8 Å². The van der Waals surface area contributed by atoms with Crippen molar-refractivity contribution in [3.63, 3.8) is 0 Å². The van der Waals surface area contributed by atoms with Crippen LogP contribution in [0.4, 0.5) is 5.69 Å². The molecule has 0 aliphatic carbocycles. The van der Waals surface area contributed by atoms with Gasteiger partial charge in [-0.2, -0.15) is 0 Å². The maximum absolute atomic E-state index is 13.9. The van der Waals surface area contributed by atoms with Crippen LogP contribution >= 0.6 is 0 Å². The van der Waals surface area contributed by atoms with Crippen LogP contribution in [0.25, 0.3) is 10.9 Å². The molecule has 8 nitrogen and oxygen atoms in total. The van der Waals surface area contributed by atoms with Gasteiger partial charge in [-0.05, 0) is 37.0 Å². The lowest BCUT2D eigenvalue weighted by Crippen LogP contribution is -2.53. The summed E-state index contributed by atoms with van der Waals surface area (Å²) in [5, 5.41) is 16.0. The summed E-state index contributed by atoms with van der Waals surface area (Å²) in [6, 6.07) is 14.5. The van der Waals surface area contributed by atoms with Crippen molar-refractivity contribution in [1.82, 2.24) is 15.6 Å². The maximum Gasteiger partial charge on any atom is 0.249 e. The van der Waals surface area contributed by atoms with Crippen LogP contribution in [-0.4, -0.2) is 54.2 Å². The molecule has 3 aromatic rings.